The Morgan fingerprint density at radius 3 is 2.73 bits per heavy atom. The molecular weight excluding hydrogens is 335 g/mol. The molecule has 0 saturated carbocycles. The number of benzene rings is 2. The summed E-state index contributed by atoms with van der Waals surface area (Å²) in [5, 5.41) is 2.93. The van der Waals surface area contributed by atoms with Gasteiger partial charge in [0.2, 0.25) is 0 Å². The van der Waals surface area contributed by atoms with Gasteiger partial charge in [0.05, 0.1) is 26.4 Å². The van der Waals surface area contributed by atoms with E-state index in [1.807, 2.05) is 24.3 Å². The third kappa shape index (κ3) is 4.59. The lowest BCUT2D eigenvalue weighted by Gasteiger charge is -2.35. The molecule has 5 nitrogen and oxygen atoms in total. The van der Waals surface area contributed by atoms with Crippen molar-refractivity contribution in [3.63, 3.8) is 0 Å². The summed E-state index contributed by atoms with van der Waals surface area (Å²) in [5.74, 6) is 0.0676. The number of rotatable bonds is 6. The van der Waals surface area contributed by atoms with Crippen molar-refractivity contribution in [3.8, 4) is 5.75 Å². The van der Waals surface area contributed by atoms with Crippen molar-refractivity contribution < 1.29 is 18.7 Å². The Morgan fingerprint density at radius 2 is 2.00 bits per heavy atom. The molecule has 1 fully saturated rings. The molecule has 0 aromatic heterocycles. The molecule has 0 spiro atoms. The number of ether oxygens (including phenoxy) is 2. The van der Waals surface area contributed by atoms with E-state index >= 15 is 0 Å². The molecule has 2 aromatic rings. The molecule has 1 heterocycles. The summed E-state index contributed by atoms with van der Waals surface area (Å²) in [5.41, 5.74) is 1.38. The number of hydrogen-bond donors (Lipinski definition) is 1. The van der Waals surface area contributed by atoms with Crippen molar-refractivity contribution in [2.24, 2.45) is 0 Å². The van der Waals surface area contributed by atoms with Gasteiger partial charge in [-0.15, -0.1) is 0 Å². The lowest BCUT2D eigenvalue weighted by Crippen LogP contribution is -2.43. The predicted molar refractivity (Wildman–Crippen MR) is 96.9 cm³/mol. The van der Waals surface area contributed by atoms with Crippen molar-refractivity contribution in [2.75, 3.05) is 40.0 Å². The third-order valence-electron chi connectivity index (χ3n) is 4.51. The highest BCUT2D eigenvalue weighted by Gasteiger charge is 2.23. The molecule has 1 N–H and O–H groups in total. The first-order valence-electron chi connectivity index (χ1n) is 8.67. The van der Waals surface area contributed by atoms with Crippen LogP contribution in [0.15, 0.2) is 48.5 Å². The largest absolute Gasteiger partial charge is 0.497 e. The number of carbonyl (C=O) groups excluding carboxylic acids is 1. The number of morpholine rings is 1. The number of halogens is 1. The van der Waals surface area contributed by atoms with Gasteiger partial charge < -0.3 is 14.8 Å². The first-order valence-corrected chi connectivity index (χ1v) is 8.67. The van der Waals surface area contributed by atoms with Crippen LogP contribution in [0.25, 0.3) is 0 Å². The molecule has 1 aliphatic heterocycles. The van der Waals surface area contributed by atoms with Crippen molar-refractivity contribution in [1.29, 1.82) is 0 Å². The monoisotopic (exact) mass is 358 g/mol. The zero-order valence-corrected chi connectivity index (χ0v) is 14.8. The van der Waals surface area contributed by atoms with Crippen LogP contribution >= 0.6 is 0 Å². The van der Waals surface area contributed by atoms with E-state index in [-0.39, 0.29) is 11.9 Å². The second-order valence-electron chi connectivity index (χ2n) is 6.16. The van der Waals surface area contributed by atoms with E-state index in [4.69, 9.17) is 9.47 Å². The first kappa shape index (κ1) is 18.4. The average Bonchev–Trinajstić information content (AvgIpc) is 2.69. The van der Waals surface area contributed by atoms with Gasteiger partial charge in [0.25, 0.3) is 5.91 Å². The smallest absolute Gasteiger partial charge is 0.251 e. The summed E-state index contributed by atoms with van der Waals surface area (Å²) < 4.78 is 24.1. The quantitative estimate of drug-likeness (QED) is 0.863. The third-order valence-corrected chi connectivity index (χ3v) is 4.51. The topological polar surface area (TPSA) is 50.8 Å². The molecule has 138 valence electrons. The van der Waals surface area contributed by atoms with E-state index in [1.54, 1.807) is 13.2 Å². The maximum Gasteiger partial charge on any atom is 0.251 e. The van der Waals surface area contributed by atoms with Crippen molar-refractivity contribution >= 4 is 5.91 Å². The average molecular weight is 358 g/mol. The number of amides is 1. The number of carbonyl (C=O) groups is 1. The van der Waals surface area contributed by atoms with Gasteiger partial charge in [-0.2, -0.15) is 0 Å². The summed E-state index contributed by atoms with van der Waals surface area (Å²) in [6, 6.07) is 13.5. The van der Waals surface area contributed by atoms with Crippen LogP contribution in [-0.4, -0.2) is 50.8 Å². The molecule has 1 atom stereocenters. The highest BCUT2D eigenvalue weighted by atomic mass is 19.1. The summed E-state index contributed by atoms with van der Waals surface area (Å²) >= 11 is 0. The van der Waals surface area contributed by atoms with Gasteiger partial charge in [0.15, 0.2) is 0 Å². The normalized spacial score (nSPS) is 16.1. The van der Waals surface area contributed by atoms with Crippen LogP contribution in [0.5, 0.6) is 5.75 Å². The molecular formula is C20H23FN2O3. The van der Waals surface area contributed by atoms with Gasteiger partial charge in [0, 0.05) is 25.2 Å². The Balaban J connectivity index is 1.75. The second kappa shape index (κ2) is 8.78. The van der Waals surface area contributed by atoms with Crippen LogP contribution in [0.3, 0.4) is 0 Å². The first-order chi connectivity index (χ1) is 12.7. The molecule has 1 amide bonds. The molecule has 0 aliphatic carbocycles. The Bertz CT molecular complexity index is 747. The lowest BCUT2D eigenvalue weighted by atomic mass is 10.0. The fourth-order valence-electron chi connectivity index (χ4n) is 3.12. The summed E-state index contributed by atoms with van der Waals surface area (Å²) in [7, 11) is 1.63. The minimum Gasteiger partial charge on any atom is -0.497 e. The van der Waals surface area contributed by atoms with E-state index in [1.165, 1.54) is 18.2 Å². The molecule has 2 aromatic carbocycles. The summed E-state index contributed by atoms with van der Waals surface area (Å²) in [4.78, 5) is 14.7. The van der Waals surface area contributed by atoms with Crippen LogP contribution in [0.4, 0.5) is 4.39 Å². The molecule has 6 heteroatoms. The van der Waals surface area contributed by atoms with Gasteiger partial charge in [-0.1, -0.05) is 18.2 Å². The van der Waals surface area contributed by atoms with Crippen LogP contribution in [0, 0.1) is 5.82 Å². The molecule has 0 radical (unpaired) electrons. The summed E-state index contributed by atoms with van der Waals surface area (Å²) in [6.07, 6.45) is 0. The fraction of sp³-hybridized carbons (Fsp3) is 0.350. The van der Waals surface area contributed by atoms with Gasteiger partial charge in [-0.05, 0) is 35.9 Å². The molecule has 1 saturated heterocycles. The van der Waals surface area contributed by atoms with E-state index in [0.29, 0.717) is 25.3 Å². The predicted octanol–water partition coefficient (Wildman–Crippen LogP) is 2.64. The lowest BCUT2D eigenvalue weighted by molar-refractivity contribution is 0.0162. The van der Waals surface area contributed by atoms with Gasteiger partial charge in [-0.25, -0.2) is 4.39 Å². The van der Waals surface area contributed by atoms with Gasteiger partial charge >= 0.3 is 0 Å². The highest BCUT2D eigenvalue weighted by Crippen LogP contribution is 2.25. The Hall–Kier alpha value is -2.44. The fourth-order valence-corrected chi connectivity index (χ4v) is 3.12. The molecule has 26 heavy (non-hydrogen) atoms. The number of nitrogens with zero attached hydrogens (tertiary/aromatic N) is 1. The molecule has 1 aliphatic rings. The Kier molecular flexibility index (Phi) is 6.20. The Morgan fingerprint density at radius 1 is 1.23 bits per heavy atom. The van der Waals surface area contributed by atoms with Gasteiger partial charge in [0.1, 0.15) is 11.6 Å². The second-order valence-corrected chi connectivity index (χ2v) is 6.16. The van der Waals surface area contributed by atoms with E-state index in [0.717, 1.165) is 24.4 Å². The molecule has 3 rings (SSSR count). The van der Waals surface area contributed by atoms with Gasteiger partial charge in [-0.3, -0.25) is 9.69 Å². The number of methoxy groups -OCH3 is 1. The maximum atomic E-state index is 13.3. The van der Waals surface area contributed by atoms with Crippen LogP contribution in [0.1, 0.15) is 22.0 Å². The highest BCUT2D eigenvalue weighted by molar-refractivity contribution is 5.94. The number of nitrogens with one attached hydrogen (secondary N) is 1. The number of hydrogen-bond acceptors (Lipinski definition) is 4. The van der Waals surface area contributed by atoms with Crippen molar-refractivity contribution in [1.82, 2.24) is 10.2 Å². The van der Waals surface area contributed by atoms with E-state index in [2.05, 4.69) is 10.2 Å². The SMILES string of the molecule is COc1cccc(C(CNC(=O)c2cccc(F)c2)N2CCOCC2)c1. The Labute approximate surface area is 152 Å². The zero-order valence-electron chi connectivity index (χ0n) is 14.8. The minimum atomic E-state index is -0.421. The standard InChI is InChI=1S/C20H23FN2O3/c1-25-18-7-3-4-15(13-18)19(23-8-10-26-11-9-23)14-22-20(24)16-5-2-6-17(21)12-16/h2-7,12-13,19H,8-11,14H2,1H3,(H,22,24). The van der Waals surface area contributed by atoms with E-state index in [9.17, 15) is 9.18 Å². The van der Waals surface area contributed by atoms with Crippen LogP contribution in [-0.2, 0) is 4.74 Å². The summed E-state index contributed by atoms with van der Waals surface area (Å²) in [6.45, 7) is 3.33. The minimum absolute atomic E-state index is 0.00786. The molecule has 0 bridgehead atoms. The van der Waals surface area contributed by atoms with Crippen LogP contribution < -0.4 is 10.1 Å². The van der Waals surface area contributed by atoms with Crippen molar-refractivity contribution in [2.45, 2.75) is 6.04 Å². The zero-order chi connectivity index (χ0) is 18.4. The van der Waals surface area contributed by atoms with E-state index < -0.39 is 5.82 Å². The molecule has 1 unspecified atom stereocenters. The van der Waals surface area contributed by atoms with Crippen molar-refractivity contribution in [3.05, 3.63) is 65.5 Å². The van der Waals surface area contributed by atoms with Crippen LogP contribution in [0.2, 0.25) is 0 Å². The maximum absolute atomic E-state index is 13.3.